The first-order chi connectivity index (χ1) is 10.6. The Balaban J connectivity index is 3.21. The van der Waals surface area contributed by atoms with Gasteiger partial charge in [0.25, 0.3) is 0 Å². The summed E-state index contributed by atoms with van der Waals surface area (Å²) in [7, 11) is 0. The number of carboxylic acid groups (broad SMARTS) is 1. The summed E-state index contributed by atoms with van der Waals surface area (Å²) in [6.07, 6.45) is 17.0. The van der Waals surface area contributed by atoms with E-state index in [0.717, 1.165) is 24.6 Å². The van der Waals surface area contributed by atoms with Gasteiger partial charge in [0.05, 0.1) is 0 Å². The van der Waals surface area contributed by atoms with Crippen molar-refractivity contribution in [1.82, 2.24) is 0 Å². The number of aliphatic carboxylic acids is 1. The number of rotatable bonds is 16. The second kappa shape index (κ2) is 15.7. The third-order valence-electron chi connectivity index (χ3n) is 4.04. The molecule has 0 saturated heterocycles. The van der Waals surface area contributed by atoms with Gasteiger partial charge in [-0.25, -0.2) is 4.79 Å². The van der Waals surface area contributed by atoms with Gasteiger partial charge in [-0.15, -0.1) is 11.8 Å². The van der Waals surface area contributed by atoms with E-state index in [0.29, 0.717) is 0 Å². The number of hydrogen-bond acceptors (Lipinski definition) is 3. The Labute approximate surface area is 141 Å². The van der Waals surface area contributed by atoms with E-state index in [9.17, 15) is 9.90 Å². The van der Waals surface area contributed by atoms with Crippen LogP contribution in [0.1, 0.15) is 97.3 Å². The minimum absolute atomic E-state index is 0.217. The maximum absolute atomic E-state index is 10.5. The van der Waals surface area contributed by atoms with Crippen molar-refractivity contribution in [2.24, 2.45) is 0 Å². The molecule has 132 valence electrons. The van der Waals surface area contributed by atoms with Crippen molar-refractivity contribution in [3.8, 4) is 0 Å². The van der Waals surface area contributed by atoms with Gasteiger partial charge >= 0.3 is 5.97 Å². The van der Waals surface area contributed by atoms with Gasteiger partial charge in [0.1, 0.15) is 0 Å². The number of carboxylic acids is 1. The van der Waals surface area contributed by atoms with E-state index in [1.54, 1.807) is 0 Å². The molecule has 0 heterocycles. The predicted octanol–water partition coefficient (Wildman–Crippen LogP) is 5.60. The average Bonchev–Trinajstić information content (AvgIpc) is 2.48. The van der Waals surface area contributed by atoms with Crippen LogP contribution in [0.2, 0.25) is 0 Å². The maximum atomic E-state index is 10.5. The van der Waals surface area contributed by atoms with Crippen LogP contribution in [0.4, 0.5) is 0 Å². The molecule has 0 radical (unpaired) electrons. The molecule has 2 atom stereocenters. The van der Waals surface area contributed by atoms with Gasteiger partial charge in [-0.05, 0) is 6.42 Å². The predicted molar refractivity (Wildman–Crippen MR) is 96.4 cm³/mol. The molecule has 0 fully saturated rings. The molecule has 0 saturated carbocycles. The monoisotopic (exact) mass is 332 g/mol. The summed E-state index contributed by atoms with van der Waals surface area (Å²) < 4.78 is 0. The number of aliphatic hydroxyl groups excluding tert-OH is 1. The van der Waals surface area contributed by atoms with Crippen molar-refractivity contribution in [1.29, 1.82) is 0 Å². The zero-order valence-electron chi connectivity index (χ0n) is 14.6. The first-order valence-corrected chi connectivity index (χ1v) is 10.1. The highest BCUT2D eigenvalue weighted by Gasteiger charge is 2.16. The smallest absolute Gasteiger partial charge is 0.343 e. The molecule has 2 unspecified atom stereocenters. The van der Waals surface area contributed by atoms with Gasteiger partial charge < -0.3 is 10.2 Å². The van der Waals surface area contributed by atoms with E-state index < -0.39 is 11.4 Å². The Morgan fingerprint density at radius 1 is 0.864 bits per heavy atom. The topological polar surface area (TPSA) is 57.5 Å². The van der Waals surface area contributed by atoms with Crippen LogP contribution in [-0.2, 0) is 4.79 Å². The summed E-state index contributed by atoms with van der Waals surface area (Å²) in [5.74, 6) is -1.13. The first kappa shape index (κ1) is 21.8. The van der Waals surface area contributed by atoms with Crippen molar-refractivity contribution in [2.75, 3.05) is 0 Å². The van der Waals surface area contributed by atoms with Crippen LogP contribution in [-0.4, -0.2) is 26.9 Å². The van der Waals surface area contributed by atoms with Crippen LogP contribution in [0, 0.1) is 0 Å². The summed E-state index contributed by atoms with van der Waals surface area (Å²) >= 11 is 1.15. The third-order valence-corrected chi connectivity index (χ3v) is 5.20. The molecule has 3 nitrogen and oxygen atoms in total. The largest absolute Gasteiger partial charge is 0.479 e. The Morgan fingerprint density at radius 3 is 1.68 bits per heavy atom. The van der Waals surface area contributed by atoms with Crippen LogP contribution >= 0.6 is 11.8 Å². The number of unbranched alkanes of at least 4 members (excludes halogenated alkanes) is 11. The maximum Gasteiger partial charge on any atom is 0.343 e. The highest BCUT2D eigenvalue weighted by atomic mass is 32.2. The first-order valence-electron chi connectivity index (χ1n) is 9.14. The molecule has 0 aliphatic rings. The van der Waals surface area contributed by atoms with Crippen molar-refractivity contribution < 1.29 is 15.0 Å². The molecule has 2 N–H and O–H groups in total. The highest BCUT2D eigenvalue weighted by molar-refractivity contribution is 8.00. The quantitative estimate of drug-likeness (QED) is 0.285. The molecule has 0 bridgehead atoms. The van der Waals surface area contributed by atoms with E-state index >= 15 is 0 Å². The fourth-order valence-corrected chi connectivity index (χ4v) is 3.48. The zero-order valence-corrected chi connectivity index (χ0v) is 15.4. The lowest BCUT2D eigenvalue weighted by molar-refractivity contribution is -0.141. The van der Waals surface area contributed by atoms with Gasteiger partial charge in [-0.1, -0.05) is 90.9 Å². The van der Waals surface area contributed by atoms with Gasteiger partial charge in [0, 0.05) is 5.25 Å². The molecular formula is C18H36O3S. The number of carbonyl (C=O) groups is 1. The molecule has 0 aliphatic heterocycles. The number of thioether (sulfide) groups is 1. The molecule has 0 aliphatic carbocycles. The lowest BCUT2D eigenvalue weighted by Crippen LogP contribution is -2.18. The van der Waals surface area contributed by atoms with E-state index in [-0.39, 0.29) is 5.25 Å². The molecule has 0 rings (SSSR count). The van der Waals surface area contributed by atoms with Gasteiger partial charge in [0.2, 0.25) is 0 Å². The Morgan fingerprint density at radius 2 is 1.27 bits per heavy atom. The molecule has 0 spiro atoms. The zero-order chi connectivity index (χ0) is 16.6. The summed E-state index contributed by atoms with van der Waals surface area (Å²) in [4.78, 5) is 10.5. The molecule has 4 heteroatoms. The molecule has 0 amide bonds. The SMILES string of the molecule is CCCCCCCCCCCCCCC(C)SC(O)C(=O)O. The van der Waals surface area contributed by atoms with E-state index in [1.807, 2.05) is 6.92 Å². The van der Waals surface area contributed by atoms with E-state index in [2.05, 4.69) is 6.92 Å². The van der Waals surface area contributed by atoms with Crippen LogP contribution in [0.5, 0.6) is 0 Å². The lowest BCUT2D eigenvalue weighted by atomic mass is 10.0. The van der Waals surface area contributed by atoms with Gasteiger partial charge in [0.15, 0.2) is 5.44 Å². The Hall–Kier alpha value is -0.220. The summed E-state index contributed by atoms with van der Waals surface area (Å²) in [5.41, 5.74) is -1.27. The standard InChI is InChI=1S/C18H36O3S/c1-3-4-5-6-7-8-9-10-11-12-13-14-15-16(2)22-18(21)17(19)20/h16,18,21H,3-15H2,1-2H3,(H,19,20). The van der Waals surface area contributed by atoms with E-state index in [4.69, 9.17) is 5.11 Å². The molecular weight excluding hydrogens is 296 g/mol. The summed E-state index contributed by atoms with van der Waals surface area (Å²) in [6, 6.07) is 0. The number of hydrogen-bond donors (Lipinski definition) is 2. The Bertz CT molecular complexity index is 259. The van der Waals surface area contributed by atoms with E-state index in [1.165, 1.54) is 70.6 Å². The van der Waals surface area contributed by atoms with Crippen LogP contribution in [0.25, 0.3) is 0 Å². The molecule has 0 aromatic heterocycles. The lowest BCUT2D eigenvalue weighted by Gasteiger charge is -2.12. The average molecular weight is 333 g/mol. The molecule has 0 aromatic rings. The van der Waals surface area contributed by atoms with Crippen molar-refractivity contribution in [2.45, 2.75) is 108 Å². The molecule has 22 heavy (non-hydrogen) atoms. The van der Waals surface area contributed by atoms with Crippen molar-refractivity contribution >= 4 is 17.7 Å². The van der Waals surface area contributed by atoms with Crippen molar-refractivity contribution in [3.05, 3.63) is 0 Å². The van der Waals surface area contributed by atoms with Gasteiger partial charge in [-0.3, -0.25) is 0 Å². The normalized spacial score (nSPS) is 14.0. The summed E-state index contributed by atoms with van der Waals surface area (Å²) in [6.45, 7) is 4.25. The Kier molecular flexibility index (Phi) is 15.5. The third kappa shape index (κ3) is 14.7. The second-order valence-corrected chi connectivity index (χ2v) is 7.84. The van der Waals surface area contributed by atoms with Crippen LogP contribution in [0.3, 0.4) is 0 Å². The van der Waals surface area contributed by atoms with Crippen molar-refractivity contribution in [3.63, 3.8) is 0 Å². The summed E-state index contributed by atoms with van der Waals surface area (Å²) in [5, 5.41) is 18.1. The highest BCUT2D eigenvalue weighted by Crippen LogP contribution is 2.21. The van der Waals surface area contributed by atoms with Crippen LogP contribution in [0.15, 0.2) is 0 Å². The fraction of sp³-hybridized carbons (Fsp3) is 0.944. The molecule has 0 aromatic carbocycles. The minimum atomic E-state index is -1.27. The van der Waals surface area contributed by atoms with Crippen LogP contribution < -0.4 is 0 Å². The fourth-order valence-electron chi connectivity index (χ4n) is 2.62. The second-order valence-electron chi connectivity index (χ2n) is 6.32. The minimum Gasteiger partial charge on any atom is -0.479 e. The van der Waals surface area contributed by atoms with Gasteiger partial charge in [-0.2, -0.15) is 0 Å². The number of aliphatic hydroxyl groups is 1.